The van der Waals surface area contributed by atoms with Crippen LogP contribution in [0.25, 0.3) is 16.6 Å². The lowest BCUT2D eigenvalue weighted by Crippen LogP contribution is -2.13. The summed E-state index contributed by atoms with van der Waals surface area (Å²) < 4.78 is 2.02. The topological polar surface area (TPSA) is 76.0 Å². The van der Waals surface area contributed by atoms with E-state index in [9.17, 15) is 9.59 Å². The van der Waals surface area contributed by atoms with E-state index < -0.39 is 0 Å². The van der Waals surface area contributed by atoms with Crippen molar-refractivity contribution in [2.75, 3.05) is 10.6 Å². The molecule has 166 valence electrons. The Bertz CT molecular complexity index is 1490. The van der Waals surface area contributed by atoms with E-state index in [1.807, 2.05) is 90.5 Å². The molecular formula is C28H22N4O2. The maximum atomic E-state index is 12.6. The number of fused-ring (bicyclic) bond motifs is 1. The Morgan fingerprint density at radius 3 is 2.26 bits per heavy atom. The van der Waals surface area contributed by atoms with Crippen LogP contribution in [-0.2, 0) is 0 Å². The molecule has 2 N–H and O–H groups in total. The fourth-order valence-corrected chi connectivity index (χ4v) is 3.86. The Balaban J connectivity index is 1.37. The quantitative estimate of drug-likeness (QED) is 0.356. The first-order valence-electron chi connectivity index (χ1n) is 10.9. The number of carbonyl (C=O) groups is 2. The molecule has 0 fully saturated rings. The summed E-state index contributed by atoms with van der Waals surface area (Å²) in [6, 6.07) is 28.0. The third kappa shape index (κ3) is 4.29. The van der Waals surface area contributed by atoms with Gasteiger partial charge in [-0.05, 0) is 67.6 Å². The average Bonchev–Trinajstić information content (AvgIpc) is 3.30. The van der Waals surface area contributed by atoms with Gasteiger partial charge in [-0.25, -0.2) is 4.98 Å². The van der Waals surface area contributed by atoms with Crippen molar-refractivity contribution in [3.8, 4) is 5.69 Å². The Morgan fingerprint density at radius 2 is 1.50 bits per heavy atom. The van der Waals surface area contributed by atoms with E-state index in [0.717, 1.165) is 22.2 Å². The highest BCUT2D eigenvalue weighted by Crippen LogP contribution is 2.26. The summed E-state index contributed by atoms with van der Waals surface area (Å²) in [4.78, 5) is 29.5. The fraction of sp³-hybridized carbons (Fsp3) is 0.0357. The van der Waals surface area contributed by atoms with Crippen LogP contribution >= 0.6 is 0 Å². The minimum atomic E-state index is -0.206. The number of nitrogens with one attached hydrogen (secondary N) is 2. The third-order valence-electron chi connectivity index (χ3n) is 5.57. The summed E-state index contributed by atoms with van der Waals surface area (Å²) in [5.74, 6) is 0.155. The summed E-state index contributed by atoms with van der Waals surface area (Å²) in [6.07, 6.45) is 3.61. The van der Waals surface area contributed by atoms with Gasteiger partial charge in [0.15, 0.2) is 0 Å². The first-order valence-corrected chi connectivity index (χ1v) is 10.9. The number of carbonyl (C=O) groups excluding carboxylic acids is 2. The lowest BCUT2D eigenvalue weighted by atomic mass is 10.1. The number of aryl methyl sites for hydroxylation is 1. The minimum Gasteiger partial charge on any atom is -0.322 e. The molecule has 5 rings (SSSR count). The standard InChI is InChI=1S/C28H22N4O2/c1-19-6-5-9-21(18-19)28(34)30-22-10-12-23(13-11-22)32-17-15-24-25(32)14-16-29-26(24)31-27(33)20-7-3-2-4-8-20/h2-18H,1H3,(H,30,34)(H,29,31,33). The van der Waals surface area contributed by atoms with Crippen molar-refractivity contribution in [3.63, 3.8) is 0 Å². The van der Waals surface area contributed by atoms with E-state index in [1.165, 1.54) is 0 Å². The zero-order valence-corrected chi connectivity index (χ0v) is 18.5. The predicted octanol–water partition coefficient (Wildman–Crippen LogP) is 5.84. The number of hydrogen-bond donors (Lipinski definition) is 2. The third-order valence-corrected chi connectivity index (χ3v) is 5.57. The molecule has 5 aromatic rings. The van der Waals surface area contributed by atoms with Crippen LogP contribution in [0, 0.1) is 6.92 Å². The van der Waals surface area contributed by atoms with Crippen LogP contribution in [0.5, 0.6) is 0 Å². The van der Waals surface area contributed by atoms with E-state index >= 15 is 0 Å². The van der Waals surface area contributed by atoms with Gasteiger partial charge in [-0.2, -0.15) is 0 Å². The van der Waals surface area contributed by atoms with Crippen LogP contribution in [0.4, 0.5) is 11.5 Å². The van der Waals surface area contributed by atoms with Gasteiger partial charge in [0, 0.05) is 40.3 Å². The summed E-state index contributed by atoms with van der Waals surface area (Å²) in [5, 5.41) is 6.68. The summed E-state index contributed by atoms with van der Waals surface area (Å²) in [5.41, 5.74) is 4.78. The van der Waals surface area contributed by atoms with Crippen LogP contribution in [0.1, 0.15) is 26.3 Å². The van der Waals surface area contributed by atoms with E-state index in [-0.39, 0.29) is 11.8 Å². The molecule has 2 aromatic heterocycles. The Morgan fingerprint density at radius 1 is 0.765 bits per heavy atom. The first kappa shape index (κ1) is 21.2. The predicted molar refractivity (Wildman–Crippen MR) is 135 cm³/mol. The molecule has 0 aliphatic carbocycles. The Hall–Kier alpha value is -4.71. The molecule has 0 aliphatic heterocycles. The molecule has 0 bridgehead atoms. The van der Waals surface area contributed by atoms with Gasteiger partial charge < -0.3 is 15.2 Å². The molecule has 6 nitrogen and oxygen atoms in total. The van der Waals surface area contributed by atoms with Gasteiger partial charge in [0.1, 0.15) is 5.82 Å². The van der Waals surface area contributed by atoms with Gasteiger partial charge in [0.25, 0.3) is 11.8 Å². The molecule has 0 saturated heterocycles. The number of hydrogen-bond acceptors (Lipinski definition) is 3. The van der Waals surface area contributed by atoms with Crippen molar-refractivity contribution in [1.82, 2.24) is 9.55 Å². The summed E-state index contributed by atoms with van der Waals surface area (Å²) >= 11 is 0. The van der Waals surface area contributed by atoms with E-state index in [0.29, 0.717) is 22.6 Å². The number of aromatic nitrogens is 2. The number of nitrogens with zero attached hydrogens (tertiary/aromatic N) is 2. The van der Waals surface area contributed by atoms with Crippen molar-refractivity contribution in [1.29, 1.82) is 0 Å². The van der Waals surface area contributed by atoms with Crippen LogP contribution in [0.2, 0.25) is 0 Å². The molecule has 6 heteroatoms. The zero-order valence-electron chi connectivity index (χ0n) is 18.5. The molecule has 0 atom stereocenters. The highest BCUT2D eigenvalue weighted by atomic mass is 16.2. The molecule has 0 aliphatic rings. The summed E-state index contributed by atoms with van der Waals surface area (Å²) in [6.45, 7) is 1.96. The normalized spacial score (nSPS) is 10.7. The average molecular weight is 447 g/mol. The fourth-order valence-electron chi connectivity index (χ4n) is 3.86. The Kier molecular flexibility index (Phi) is 5.62. The van der Waals surface area contributed by atoms with Gasteiger partial charge in [-0.1, -0.05) is 35.9 Å². The lowest BCUT2D eigenvalue weighted by molar-refractivity contribution is 0.101. The van der Waals surface area contributed by atoms with Crippen LogP contribution in [-0.4, -0.2) is 21.4 Å². The summed E-state index contributed by atoms with van der Waals surface area (Å²) in [7, 11) is 0. The van der Waals surface area contributed by atoms with E-state index in [1.54, 1.807) is 24.4 Å². The number of pyridine rings is 1. The molecular weight excluding hydrogens is 424 g/mol. The van der Waals surface area contributed by atoms with Crippen molar-refractivity contribution >= 4 is 34.2 Å². The molecule has 0 unspecified atom stereocenters. The van der Waals surface area contributed by atoms with Crippen LogP contribution in [0.15, 0.2) is 103 Å². The zero-order chi connectivity index (χ0) is 23.5. The first-order chi connectivity index (χ1) is 16.6. The van der Waals surface area contributed by atoms with Crippen molar-refractivity contribution in [2.24, 2.45) is 0 Å². The van der Waals surface area contributed by atoms with Gasteiger partial charge in [-0.3, -0.25) is 9.59 Å². The largest absolute Gasteiger partial charge is 0.322 e. The van der Waals surface area contributed by atoms with E-state index in [2.05, 4.69) is 15.6 Å². The number of amides is 2. The second-order valence-corrected chi connectivity index (χ2v) is 7.97. The number of anilines is 2. The number of benzene rings is 3. The highest BCUT2D eigenvalue weighted by Gasteiger charge is 2.12. The SMILES string of the molecule is Cc1cccc(C(=O)Nc2ccc(-n3ccc4c(NC(=O)c5ccccc5)nccc43)cc2)c1. The molecule has 34 heavy (non-hydrogen) atoms. The number of rotatable bonds is 5. The maximum absolute atomic E-state index is 12.6. The highest BCUT2D eigenvalue weighted by molar-refractivity contribution is 6.08. The van der Waals surface area contributed by atoms with Gasteiger partial charge in [0.05, 0.1) is 5.52 Å². The van der Waals surface area contributed by atoms with Gasteiger partial charge >= 0.3 is 0 Å². The maximum Gasteiger partial charge on any atom is 0.256 e. The monoisotopic (exact) mass is 446 g/mol. The lowest BCUT2D eigenvalue weighted by Gasteiger charge is -2.10. The van der Waals surface area contributed by atoms with E-state index in [4.69, 9.17) is 0 Å². The van der Waals surface area contributed by atoms with Crippen LogP contribution < -0.4 is 10.6 Å². The molecule has 2 amide bonds. The molecule has 0 spiro atoms. The molecule has 0 radical (unpaired) electrons. The van der Waals surface area contributed by atoms with Crippen LogP contribution in [0.3, 0.4) is 0 Å². The second kappa shape index (κ2) is 9.03. The van der Waals surface area contributed by atoms with Gasteiger partial charge in [0.2, 0.25) is 0 Å². The smallest absolute Gasteiger partial charge is 0.256 e. The minimum absolute atomic E-state index is 0.146. The van der Waals surface area contributed by atoms with Crippen molar-refractivity contribution in [3.05, 3.63) is 120 Å². The van der Waals surface area contributed by atoms with Crippen molar-refractivity contribution in [2.45, 2.75) is 6.92 Å². The second-order valence-electron chi connectivity index (χ2n) is 7.97. The molecule has 2 heterocycles. The Labute approximate surface area is 196 Å². The molecule has 3 aromatic carbocycles. The van der Waals surface area contributed by atoms with Gasteiger partial charge in [-0.15, -0.1) is 0 Å². The molecule has 0 saturated carbocycles. The van der Waals surface area contributed by atoms with Crippen molar-refractivity contribution < 1.29 is 9.59 Å².